The Labute approximate surface area is 193 Å². The molecule has 2 aromatic rings. The van der Waals surface area contributed by atoms with Gasteiger partial charge in [-0.05, 0) is 41.0 Å². The van der Waals surface area contributed by atoms with Crippen molar-refractivity contribution in [2.45, 2.75) is 57.0 Å². The number of benzene rings is 2. The van der Waals surface area contributed by atoms with Crippen LogP contribution in [0.4, 0.5) is 4.79 Å². The van der Waals surface area contributed by atoms with Gasteiger partial charge in [-0.15, -0.1) is 0 Å². The van der Waals surface area contributed by atoms with Crippen molar-refractivity contribution in [3.8, 4) is 11.1 Å². The maximum atomic E-state index is 12.8. The maximum absolute atomic E-state index is 12.8. The fraction of sp³-hybridized carbons (Fsp3) is 0.423. The molecule has 2 amide bonds. The van der Waals surface area contributed by atoms with E-state index in [2.05, 4.69) is 34.9 Å². The Morgan fingerprint density at radius 3 is 2.15 bits per heavy atom. The predicted octanol–water partition coefficient (Wildman–Crippen LogP) is 4.06. The first-order chi connectivity index (χ1) is 16.0. The lowest BCUT2D eigenvalue weighted by atomic mass is 9.98. The summed E-state index contributed by atoms with van der Waals surface area (Å²) in [6.45, 7) is 2.00. The van der Waals surface area contributed by atoms with Gasteiger partial charge in [-0.1, -0.05) is 68.3 Å². The summed E-state index contributed by atoms with van der Waals surface area (Å²) in [5, 5.41) is 14.5. The molecule has 4 rings (SSSR count). The highest BCUT2D eigenvalue weighted by Gasteiger charge is 2.33. The Kier molecular flexibility index (Phi) is 6.96. The van der Waals surface area contributed by atoms with Crippen molar-refractivity contribution in [2.24, 2.45) is 5.92 Å². The molecule has 2 atom stereocenters. The number of ether oxygens (including phenoxy) is 1. The van der Waals surface area contributed by atoms with Gasteiger partial charge in [0.05, 0.1) is 6.42 Å². The van der Waals surface area contributed by atoms with Crippen molar-refractivity contribution >= 4 is 18.0 Å². The minimum atomic E-state index is -0.967. The van der Waals surface area contributed by atoms with Gasteiger partial charge < -0.3 is 20.5 Å². The number of amides is 2. The summed E-state index contributed by atoms with van der Waals surface area (Å²) in [6.07, 6.45) is 2.30. The van der Waals surface area contributed by atoms with Crippen LogP contribution in [0.25, 0.3) is 11.1 Å². The molecule has 0 heterocycles. The smallest absolute Gasteiger partial charge is 0.407 e. The monoisotopic (exact) mass is 450 g/mol. The topological polar surface area (TPSA) is 105 Å². The van der Waals surface area contributed by atoms with E-state index in [0.29, 0.717) is 18.8 Å². The molecule has 2 aliphatic carbocycles. The van der Waals surface area contributed by atoms with Crippen LogP contribution < -0.4 is 10.6 Å². The number of nitrogens with one attached hydrogen (secondary N) is 2. The fourth-order valence-corrected chi connectivity index (χ4v) is 4.51. The second-order valence-corrected chi connectivity index (χ2v) is 8.91. The van der Waals surface area contributed by atoms with Gasteiger partial charge >= 0.3 is 12.1 Å². The van der Waals surface area contributed by atoms with E-state index in [9.17, 15) is 14.4 Å². The van der Waals surface area contributed by atoms with Gasteiger partial charge in [-0.3, -0.25) is 9.59 Å². The molecule has 2 aliphatic rings. The summed E-state index contributed by atoms with van der Waals surface area (Å²) in [4.78, 5) is 36.5. The van der Waals surface area contributed by atoms with Crippen molar-refractivity contribution in [2.75, 3.05) is 6.61 Å². The zero-order chi connectivity index (χ0) is 23.4. The molecule has 0 radical (unpaired) electrons. The molecule has 0 bridgehead atoms. The average molecular weight is 451 g/mol. The number of carboxylic acids is 1. The van der Waals surface area contributed by atoms with Crippen molar-refractivity contribution < 1.29 is 24.2 Å². The summed E-state index contributed by atoms with van der Waals surface area (Å²) < 4.78 is 5.59. The molecule has 0 spiro atoms. The van der Waals surface area contributed by atoms with Gasteiger partial charge in [0, 0.05) is 12.0 Å². The van der Waals surface area contributed by atoms with Crippen molar-refractivity contribution in [1.82, 2.24) is 10.6 Å². The Morgan fingerprint density at radius 2 is 1.61 bits per heavy atom. The number of hydrogen-bond acceptors (Lipinski definition) is 4. The van der Waals surface area contributed by atoms with Crippen LogP contribution >= 0.6 is 0 Å². The Hall–Kier alpha value is -3.35. The van der Waals surface area contributed by atoms with E-state index in [-0.39, 0.29) is 24.9 Å². The van der Waals surface area contributed by atoms with Crippen LogP contribution in [-0.4, -0.2) is 41.8 Å². The quantitative estimate of drug-likeness (QED) is 0.506. The van der Waals surface area contributed by atoms with Crippen LogP contribution in [0.1, 0.15) is 56.1 Å². The molecular formula is C26H30N2O5. The summed E-state index contributed by atoms with van der Waals surface area (Å²) in [5.41, 5.74) is 4.55. The normalized spacial score (nSPS) is 16.3. The first-order valence-corrected chi connectivity index (χ1v) is 11.6. The molecular weight excluding hydrogens is 420 g/mol. The second-order valence-electron chi connectivity index (χ2n) is 8.91. The Morgan fingerprint density at radius 1 is 1.00 bits per heavy atom. The van der Waals surface area contributed by atoms with Gasteiger partial charge in [-0.25, -0.2) is 4.79 Å². The van der Waals surface area contributed by atoms with Crippen molar-refractivity contribution in [3.63, 3.8) is 0 Å². The summed E-state index contributed by atoms with van der Waals surface area (Å²) >= 11 is 0. The second kappa shape index (κ2) is 10.1. The average Bonchev–Trinajstić information content (AvgIpc) is 3.57. The molecule has 0 aliphatic heterocycles. The lowest BCUT2D eigenvalue weighted by molar-refractivity contribution is -0.137. The fourth-order valence-electron chi connectivity index (χ4n) is 4.51. The highest BCUT2D eigenvalue weighted by molar-refractivity contribution is 5.86. The van der Waals surface area contributed by atoms with Gasteiger partial charge in [0.2, 0.25) is 5.91 Å². The number of carboxylic acid groups (broad SMARTS) is 1. The molecule has 3 N–H and O–H groups in total. The van der Waals surface area contributed by atoms with Crippen LogP contribution in [-0.2, 0) is 14.3 Å². The lowest BCUT2D eigenvalue weighted by Crippen LogP contribution is -2.50. The Balaban J connectivity index is 1.39. The number of fused-ring (bicyclic) bond motifs is 3. The van der Waals surface area contributed by atoms with E-state index < -0.39 is 24.1 Å². The van der Waals surface area contributed by atoms with Gasteiger partial charge in [0.1, 0.15) is 12.6 Å². The molecule has 2 aromatic carbocycles. The van der Waals surface area contributed by atoms with Gasteiger partial charge in [-0.2, -0.15) is 0 Å². The number of carbonyl (C=O) groups excluding carboxylic acids is 2. The molecule has 7 nitrogen and oxygen atoms in total. The highest BCUT2D eigenvalue weighted by Crippen LogP contribution is 2.44. The number of alkyl carbamates (subject to hydrolysis) is 1. The molecule has 7 heteroatoms. The molecule has 1 saturated carbocycles. The van der Waals surface area contributed by atoms with Crippen molar-refractivity contribution in [1.29, 1.82) is 0 Å². The van der Waals surface area contributed by atoms with Crippen molar-refractivity contribution in [3.05, 3.63) is 59.7 Å². The van der Waals surface area contributed by atoms with E-state index in [1.54, 1.807) is 0 Å². The standard InChI is InChI=1S/C26H30N2O5/c1-2-17(14-24(29)30)27-25(31)23(13-16-11-12-16)28-26(32)33-15-22-20-9-5-3-7-18(20)19-8-4-6-10-21(19)22/h3-10,16-17,22-23H,2,11-15H2,1H3,(H,27,31)(H,28,32)(H,29,30). The summed E-state index contributed by atoms with van der Waals surface area (Å²) in [6, 6.07) is 15.0. The number of carbonyl (C=O) groups is 3. The molecule has 1 fully saturated rings. The predicted molar refractivity (Wildman–Crippen MR) is 124 cm³/mol. The molecule has 0 aromatic heterocycles. The third-order valence-corrected chi connectivity index (χ3v) is 6.48. The van der Waals surface area contributed by atoms with Crippen LogP contribution in [0.2, 0.25) is 0 Å². The number of aliphatic carboxylic acids is 1. The third-order valence-electron chi connectivity index (χ3n) is 6.48. The lowest BCUT2D eigenvalue weighted by Gasteiger charge is -2.22. The van der Waals surface area contributed by atoms with E-state index in [1.807, 2.05) is 31.2 Å². The summed E-state index contributed by atoms with van der Waals surface area (Å²) in [5.74, 6) is -0.984. The number of rotatable bonds is 10. The van der Waals surface area contributed by atoms with Crippen LogP contribution in [0, 0.1) is 5.92 Å². The first-order valence-electron chi connectivity index (χ1n) is 11.6. The zero-order valence-corrected chi connectivity index (χ0v) is 18.8. The van der Waals surface area contributed by atoms with E-state index in [1.165, 1.54) is 0 Å². The number of hydrogen-bond donors (Lipinski definition) is 3. The van der Waals surface area contributed by atoms with E-state index in [0.717, 1.165) is 35.1 Å². The molecule has 2 unspecified atom stereocenters. The minimum absolute atomic E-state index is 0.0566. The largest absolute Gasteiger partial charge is 0.481 e. The maximum Gasteiger partial charge on any atom is 0.407 e. The first kappa shape index (κ1) is 22.8. The van der Waals surface area contributed by atoms with Crippen LogP contribution in [0.15, 0.2) is 48.5 Å². The minimum Gasteiger partial charge on any atom is -0.481 e. The molecule has 33 heavy (non-hydrogen) atoms. The highest BCUT2D eigenvalue weighted by atomic mass is 16.5. The Bertz CT molecular complexity index is 987. The SMILES string of the molecule is CCC(CC(=O)O)NC(=O)C(CC1CC1)NC(=O)OCC1c2ccccc2-c2ccccc21. The van der Waals surface area contributed by atoms with Crippen LogP contribution in [0.5, 0.6) is 0 Å². The molecule has 174 valence electrons. The van der Waals surface area contributed by atoms with E-state index >= 15 is 0 Å². The zero-order valence-electron chi connectivity index (χ0n) is 18.8. The van der Waals surface area contributed by atoms with Gasteiger partial charge in [0.15, 0.2) is 0 Å². The van der Waals surface area contributed by atoms with E-state index in [4.69, 9.17) is 9.84 Å². The molecule has 0 saturated heterocycles. The van der Waals surface area contributed by atoms with Crippen LogP contribution in [0.3, 0.4) is 0 Å². The van der Waals surface area contributed by atoms with Gasteiger partial charge in [0.25, 0.3) is 0 Å². The summed E-state index contributed by atoms with van der Waals surface area (Å²) in [7, 11) is 0. The third kappa shape index (κ3) is 5.53.